The van der Waals surface area contributed by atoms with Crippen molar-refractivity contribution in [3.63, 3.8) is 0 Å². The number of hydrogen-bond acceptors (Lipinski definition) is 6. The number of amides is 4. The van der Waals surface area contributed by atoms with Gasteiger partial charge in [-0.1, -0.05) is 41.9 Å². The number of nitrogens with zero attached hydrogens (tertiary/aromatic N) is 3. The number of thioether (sulfide) groups is 1. The molecule has 4 unspecified atom stereocenters. The lowest BCUT2D eigenvalue weighted by molar-refractivity contribution is -0.140. The fourth-order valence-electron chi connectivity index (χ4n) is 4.91. The maximum atomic E-state index is 13.2. The Balaban J connectivity index is 1.38. The van der Waals surface area contributed by atoms with Gasteiger partial charge in [0.1, 0.15) is 0 Å². The van der Waals surface area contributed by atoms with Crippen LogP contribution in [0.3, 0.4) is 0 Å². The van der Waals surface area contributed by atoms with Gasteiger partial charge in [0, 0.05) is 31.4 Å². The first-order valence-electron chi connectivity index (χ1n) is 11.2. The Morgan fingerprint density at radius 2 is 1.91 bits per heavy atom. The third-order valence-corrected chi connectivity index (χ3v) is 8.15. The van der Waals surface area contributed by atoms with E-state index in [2.05, 4.69) is 10.6 Å². The van der Waals surface area contributed by atoms with Gasteiger partial charge in [0.05, 0.1) is 29.4 Å². The molecule has 2 fully saturated rings. The molecular formula is C24H26ClN5O3S. The van der Waals surface area contributed by atoms with Crippen molar-refractivity contribution in [1.29, 1.82) is 0 Å². The Kier molecular flexibility index (Phi) is 6.28. The highest BCUT2D eigenvalue weighted by Gasteiger charge is 2.51. The van der Waals surface area contributed by atoms with Crippen molar-refractivity contribution >= 4 is 46.9 Å². The average Bonchev–Trinajstić information content (AvgIpc) is 3.28. The number of urea groups is 1. The van der Waals surface area contributed by atoms with Gasteiger partial charge >= 0.3 is 6.03 Å². The van der Waals surface area contributed by atoms with Gasteiger partial charge in [0.25, 0.3) is 0 Å². The number of rotatable bonds is 4. The maximum Gasteiger partial charge on any atom is 0.327 e. The number of nitrogens with one attached hydrogen (secondary N) is 2. The molecular weight excluding hydrogens is 474 g/mol. The summed E-state index contributed by atoms with van der Waals surface area (Å²) in [6.45, 7) is 0.661. The molecule has 34 heavy (non-hydrogen) atoms. The predicted octanol–water partition coefficient (Wildman–Crippen LogP) is 2.65. The van der Waals surface area contributed by atoms with E-state index in [1.807, 2.05) is 47.4 Å². The summed E-state index contributed by atoms with van der Waals surface area (Å²) < 4.78 is 0. The molecule has 0 aliphatic carbocycles. The molecule has 0 radical (unpaired) electrons. The molecule has 2 saturated heterocycles. The highest BCUT2D eigenvalue weighted by atomic mass is 35.5. The predicted molar refractivity (Wildman–Crippen MR) is 132 cm³/mol. The second-order valence-corrected chi connectivity index (χ2v) is 10.3. The number of halogens is 1. The minimum atomic E-state index is -0.549. The van der Waals surface area contributed by atoms with Gasteiger partial charge in [-0.2, -0.15) is 0 Å². The zero-order chi connectivity index (χ0) is 24.0. The van der Waals surface area contributed by atoms with E-state index in [0.717, 1.165) is 22.6 Å². The average molecular weight is 500 g/mol. The largest absolute Gasteiger partial charge is 0.327 e. The molecule has 2 aromatic rings. The molecule has 5 rings (SSSR count). The summed E-state index contributed by atoms with van der Waals surface area (Å²) in [4.78, 5) is 43.5. The van der Waals surface area contributed by atoms with Crippen LogP contribution in [-0.2, 0) is 16.0 Å². The van der Waals surface area contributed by atoms with E-state index in [4.69, 9.17) is 11.6 Å². The first-order valence-corrected chi connectivity index (χ1v) is 12.6. The van der Waals surface area contributed by atoms with E-state index < -0.39 is 12.1 Å². The van der Waals surface area contributed by atoms with Crippen molar-refractivity contribution in [2.45, 2.75) is 24.1 Å². The highest BCUT2D eigenvalue weighted by Crippen LogP contribution is 2.35. The van der Waals surface area contributed by atoms with Gasteiger partial charge < -0.3 is 9.80 Å². The van der Waals surface area contributed by atoms with Gasteiger partial charge in [-0.3, -0.25) is 25.1 Å². The third kappa shape index (κ3) is 4.07. The number of fused-ring (bicyclic) bond motifs is 2. The number of hydrogen-bond donors (Lipinski definition) is 2. The van der Waals surface area contributed by atoms with E-state index in [0.29, 0.717) is 11.6 Å². The van der Waals surface area contributed by atoms with Crippen molar-refractivity contribution in [1.82, 2.24) is 20.4 Å². The lowest BCUT2D eigenvalue weighted by Crippen LogP contribution is -2.72. The monoisotopic (exact) mass is 499 g/mol. The number of imide groups is 1. The molecule has 0 aromatic heterocycles. The first-order chi connectivity index (χ1) is 16.3. The van der Waals surface area contributed by atoms with E-state index in [1.54, 1.807) is 18.0 Å². The van der Waals surface area contributed by atoms with E-state index in [1.165, 1.54) is 24.4 Å². The van der Waals surface area contributed by atoms with Crippen LogP contribution in [0.2, 0.25) is 5.02 Å². The molecule has 2 N–H and O–H groups in total. The maximum absolute atomic E-state index is 13.2. The van der Waals surface area contributed by atoms with Crippen LogP contribution in [0.5, 0.6) is 0 Å². The smallest absolute Gasteiger partial charge is 0.311 e. The standard InChI is InChI=1S/C24H26ClN5O3S/c1-28-21-19(23(32)29(2)24(28)33)22(27-20(26-21)15-7-5-8-16(25)12-15)34-13-18(31)30-11-10-14-6-3-4-9-17(14)30/h3-9,12,19-22,26-27H,10-11,13H2,1-2H3. The summed E-state index contributed by atoms with van der Waals surface area (Å²) in [5, 5.41) is 7.09. The van der Waals surface area contributed by atoms with Gasteiger partial charge in [0.2, 0.25) is 11.8 Å². The summed E-state index contributed by atoms with van der Waals surface area (Å²) >= 11 is 7.62. The third-order valence-electron chi connectivity index (χ3n) is 6.71. The fraction of sp³-hybridized carbons (Fsp3) is 0.375. The molecule has 4 amide bonds. The Hall–Kier alpha value is -2.59. The van der Waals surface area contributed by atoms with Crippen LogP contribution in [-0.4, -0.2) is 65.6 Å². The molecule has 178 valence electrons. The fourth-order valence-corrected chi connectivity index (χ4v) is 6.30. The summed E-state index contributed by atoms with van der Waals surface area (Å²) in [5.74, 6) is -0.598. The van der Waals surface area contributed by atoms with Crippen molar-refractivity contribution in [2.24, 2.45) is 5.92 Å². The summed E-state index contributed by atoms with van der Waals surface area (Å²) in [5.41, 5.74) is 3.02. The Morgan fingerprint density at radius 3 is 2.71 bits per heavy atom. The van der Waals surface area contributed by atoms with Crippen LogP contribution in [0.4, 0.5) is 10.5 Å². The van der Waals surface area contributed by atoms with Crippen molar-refractivity contribution in [3.8, 4) is 0 Å². The molecule has 10 heteroatoms. The van der Waals surface area contributed by atoms with Crippen LogP contribution in [0, 0.1) is 5.92 Å². The molecule has 3 heterocycles. The van der Waals surface area contributed by atoms with Crippen LogP contribution < -0.4 is 15.5 Å². The molecule has 4 atom stereocenters. The topological polar surface area (TPSA) is 85.0 Å². The second kappa shape index (κ2) is 9.22. The van der Waals surface area contributed by atoms with Crippen molar-refractivity contribution < 1.29 is 14.4 Å². The zero-order valence-corrected chi connectivity index (χ0v) is 20.5. The Morgan fingerprint density at radius 1 is 1.12 bits per heavy atom. The Labute approximate surface area is 207 Å². The minimum Gasteiger partial charge on any atom is -0.311 e. The molecule has 2 aromatic carbocycles. The van der Waals surface area contributed by atoms with E-state index in [9.17, 15) is 14.4 Å². The normalized spacial score (nSPS) is 26.5. The van der Waals surface area contributed by atoms with Gasteiger partial charge in [0.15, 0.2) is 0 Å². The lowest BCUT2D eigenvalue weighted by Gasteiger charge is -2.50. The lowest BCUT2D eigenvalue weighted by atomic mass is 9.96. The van der Waals surface area contributed by atoms with E-state index >= 15 is 0 Å². The van der Waals surface area contributed by atoms with Gasteiger partial charge in [-0.25, -0.2) is 4.79 Å². The quantitative estimate of drug-likeness (QED) is 0.672. The van der Waals surface area contributed by atoms with E-state index in [-0.39, 0.29) is 35.1 Å². The molecule has 3 aliphatic heterocycles. The summed E-state index contributed by atoms with van der Waals surface area (Å²) in [6, 6.07) is 15.0. The second-order valence-electron chi connectivity index (χ2n) is 8.74. The SMILES string of the molecule is CN1C(=O)C2C(SCC(=O)N3CCc4ccccc43)NC(c3cccc(Cl)c3)NC2N(C)C1=O. The van der Waals surface area contributed by atoms with Gasteiger partial charge in [-0.05, 0) is 35.7 Å². The summed E-state index contributed by atoms with van der Waals surface area (Å²) in [6.07, 6.45) is -0.0105. The zero-order valence-electron chi connectivity index (χ0n) is 18.9. The number of benzene rings is 2. The van der Waals surface area contributed by atoms with Crippen molar-refractivity contribution in [2.75, 3.05) is 31.3 Å². The molecule has 0 bridgehead atoms. The highest BCUT2D eigenvalue weighted by molar-refractivity contribution is 8.00. The van der Waals surface area contributed by atoms with Crippen LogP contribution >= 0.6 is 23.4 Å². The number of anilines is 1. The number of para-hydroxylation sites is 1. The molecule has 0 saturated carbocycles. The molecule has 0 spiro atoms. The molecule has 8 nitrogen and oxygen atoms in total. The Bertz CT molecular complexity index is 1150. The first kappa shape index (κ1) is 23.2. The van der Waals surface area contributed by atoms with Crippen LogP contribution in [0.15, 0.2) is 48.5 Å². The number of carbonyl (C=O) groups is 3. The van der Waals surface area contributed by atoms with Crippen molar-refractivity contribution in [3.05, 3.63) is 64.7 Å². The minimum absolute atomic E-state index is 0.00665. The van der Waals surface area contributed by atoms with Gasteiger partial charge in [-0.15, -0.1) is 11.8 Å². The summed E-state index contributed by atoms with van der Waals surface area (Å²) in [7, 11) is 3.18. The molecule has 3 aliphatic rings. The van der Waals surface area contributed by atoms with Crippen LogP contribution in [0.25, 0.3) is 0 Å². The number of carbonyl (C=O) groups excluding carboxylic acids is 3. The van der Waals surface area contributed by atoms with Crippen LogP contribution in [0.1, 0.15) is 17.3 Å².